The molecule has 4 heteroatoms. The molecular formula is C23H20O4. The van der Waals surface area contributed by atoms with E-state index >= 15 is 0 Å². The molecule has 3 rings (SSSR count). The van der Waals surface area contributed by atoms with Crippen LogP contribution in [-0.2, 0) is 16.1 Å². The van der Waals surface area contributed by atoms with E-state index in [0.29, 0.717) is 40.7 Å². The van der Waals surface area contributed by atoms with Crippen molar-refractivity contribution in [2.75, 3.05) is 0 Å². The van der Waals surface area contributed by atoms with Crippen LogP contribution in [-0.4, -0.2) is 17.5 Å². The predicted octanol–water partition coefficient (Wildman–Crippen LogP) is 4.27. The molecule has 1 aliphatic carbocycles. The minimum atomic E-state index is -0.333. The second-order valence-corrected chi connectivity index (χ2v) is 6.44. The van der Waals surface area contributed by atoms with Crippen molar-refractivity contribution in [3.05, 3.63) is 95.6 Å². The van der Waals surface area contributed by atoms with Crippen molar-refractivity contribution in [3.8, 4) is 0 Å². The van der Waals surface area contributed by atoms with E-state index in [4.69, 9.17) is 4.74 Å². The lowest BCUT2D eigenvalue weighted by atomic mass is 9.83. The molecule has 136 valence electrons. The molecule has 0 atom stereocenters. The van der Waals surface area contributed by atoms with Gasteiger partial charge in [0.15, 0.2) is 11.6 Å². The molecule has 1 aliphatic rings. The van der Waals surface area contributed by atoms with Gasteiger partial charge in [0.25, 0.3) is 0 Å². The summed E-state index contributed by atoms with van der Waals surface area (Å²) in [5.41, 5.74) is 2.22. The smallest absolute Gasteiger partial charge is 0.309 e. The topological polar surface area (TPSA) is 60.4 Å². The van der Waals surface area contributed by atoms with Crippen LogP contribution in [0.4, 0.5) is 0 Å². The lowest BCUT2D eigenvalue weighted by Crippen LogP contribution is -2.21. The van der Waals surface area contributed by atoms with Crippen LogP contribution in [0, 0.1) is 5.92 Å². The Labute approximate surface area is 158 Å². The predicted molar refractivity (Wildman–Crippen MR) is 103 cm³/mol. The molecule has 0 aliphatic heterocycles. The van der Waals surface area contributed by atoms with Gasteiger partial charge in [0.1, 0.15) is 6.61 Å². The number of hydrogen-bond acceptors (Lipinski definition) is 4. The Morgan fingerprint density at radius 2 is 1.44 bits per heavy atom. The first-order chi connectivity index (χ1) is 13.1. The molecule has 0 unspecified atom stereocenters. The molecule has 0 fully saturated rings. The Morgan fingerprint density at radius 1 is 0.889 bits per heavy atom. The fourth-order valence-electron chi connectivity index (χ4n) is 3.20. The Balaban J connectivity index is 1.79. The van der Waals surface area contributed by atoms with Gasteiger partial charge in [0.2, 0.25) is 0 Å². The molecule has 27 heavy (non-hydrogen) atoms. The number of carbonyl (C=O) groups excluding carboxylic acids is 3. The van der Waals surface area contributed by atoms with Crippen LogP contribution in [0.15, 0.2) is 67.8 Å². The number of rotatable bonds is 7. The highest BCUT2D eigenvalue weighted by molar-refractivity contribution is 6.28. The number of ketones is 2. The van der Waals surface area contributed by atoms with E-state index in [2.05, 4.69) is 13.2 Å². The minimum absolute atomic E-state index is 0.0417. The number of hydrogen-bond donors (Lipinski definition) is 0. The van der Waals surface area contributed by atoms with E-state index in [1.807, 2.05) is 0 Å². The second-order valence-electron chi connectivity index (χ2n) is 6.44. The largest absolute Gasteiger partial charge is 0.461 e. The molecule has 2 aromatic rings. The van der Waals surface area contributed by atoms with Crippen LogP contribution < -0.4 is 0 Å². The minimum Gasteiger partial charge on any atom is -0.461 e. The van der Waals surface area contributed by atoms with Crippen LogP contribution in [0.3, 0.4) is 0 Å². The van der Waals surface area contributed by atoms with E-state index in [1.165, 1.54) is 0 Å². The van der Waals surface area contributed by atoms with Crippen molar-refractivity contribution in [2.24, 2.45) is 5.92 Å². The molecular weight excluding hydrogens is 340 g/mol. The summed E-state index contributed by atoms with van der Waals surface area (Å²) in [6, 6.07) is 11.8. The van der Waals surface area contributed by atoms with E-state index in [-0.39, 0.29) is 30.1 Å². The second kappa shape index (κ2) is 7.96. The Hall–Kier alpha value is -3.27. The summed E-state index contributed by atoms with van der Waals surface area (Å²) in [5, 5.41) is 0. The van der Waals surface area contributed by atoms with Crippen molar-refractivity contribution in [2.45, 2.75) is 19.4 Å². The quantitative estimate of drug-likeness (QED) is 0.466. The third-order valence-corrected chi connectivity index (χ3v) is 4.61. The van der Waals surface area contributed by atoms with Crippen LogP contribution in [0.2, 0.25) is 0 Å². The lowest BCUT2D eigenvalue weighted by Gasteiger charge is -2.18. The number of allylic oxidation sites excluding steroid dienone is 2. The van der Waals surface area contributed by atoms with Crippen molar-refractivity contribution < 1.29 is 19.1 Å². The number of benzene rings is 2. The van der Waals surface area contributed by atoms with E-state index in [1.54, 1.807) is 54.6 Å². The monoisotopic (exact) mass is 360 g/mol. The molecule has 0 heterocycles. The van der Waals surface area contributed by atoms with Gasteiger partial charge in [-0.25, -0.2) is 0 Å². The molecule has 0 aromatic heterocycles. The van der Waals surface area contributed by atoms with Gasteiger partial charge in [-0.05, 0) is 30.5 Å². The molecule has 0 spiro atoms. The Kier molecular flexibility index (Phi) is 5.46. The number of ether oxygens (including phenoxy) is 1. The summed E-state index contributed by atoms with van der Waals surface area (Å²) in [7, 11) is 0. The van der Waals surface area contributed by atoms with Gasteiger partial charge in [-0.15, -0.1) is 13.2 Å². The average molecular weight is 360 g/mol. The van der Waals surface area contributed by atoms with Gasteiger partial charge in [0, 0.05) is 22.3 Å². The van der Waals surface area contributed by atoms with Gasteiger partial charge < -0.3 is 4.74 Å². The molecule has 0 bridgehead atoms. The molecule has 0 saturated carbocycles. The van der Waals surface area contributed by atoms with Crippen LogP contribution in [0.1, 0.15) is 50.2 Å². The molecule has 0 amide bonds. The molecule has 0 saturated heterocycles. The van der Waals surface area contributed by atoms with Gasteiger partial charge in [-0.1, -0.05) is 42.5 Å². The maximum atomic E-state index is 12.7. The number of fused-ring (bicyclic) bond motifs is 2. The zero-order chi connectivity index (χ0) is 19.4. The van der Waals surface area contributed by atoms with Gasteiger partial charge >= 0.3 is 5.97 Å². The van der Waals surface area contributed by atoms with Gasteiger partial charge in [0.05, 0.1) is 5.92 Å². The van der Waals surface area contributed by atoms with Crippen LogP contribution in [0.5, 0.6) is 0 Å². The average Bonchev–Trinajstić information content (AvgIpc) is 2.70. The van der Waals surface area contributed by atoms with E-state index in [9.17, 15) is 14.4 Å². The van der Waals surface area contributed by atoms with Crippen LogP contribution in [0.25, 0.3) is 0 Å². The Morgan fingerprint density at radius 3 is 2.04 bits per heavy atom. The third-order valence-electron chi connectivity index (χ3n) is 4.61. The Bertz CT molecular complexity index is 929. The summed E-state index contributed by atoms with van der Waals surface area (Å²) in [4.78, 5) is 37.6. The molecule has 0 radical (unpaired) electrons. The summed E-state index contributed by atoms with van der Waals surface area (Å²) < 4.78 is 5.39. The first kappa shape index (κ1) is 18.5. The van der Waals surface area contributed by atoms with Crippen molar-refractivity contribution in [1.29, 1.82) is 0 Å². The van der Waals surface area contributed by atoms with E-state index < -0.39 is 0 Å². The van der Waals surface area contributed by atoms with Gasteiger partial charge in [-0.2, -0.15) is 0 Å². The highest BCUT2D eigenvalue weighted by Gasteiger charge is 2.29. The normalized spacial score (nSPS) is 12.3. The van der Waals surface area contributed by atoms with Crippen molar-refractivity contribution in [1.82, 2.24) is 0 Å². The standard InChI is InChI=1S/C23H20O4/c1-3-7-16(8-4-2)23(26)27-14-15-11-12-19-20(13-15)22(25)18-10-6-5-9-17(18)21(19)24/h3-6,9-13,16H,1-2,7-8,14H2. The lowest BCUT2D eigenvalue weighted by molar-refractivity contribution is -0.149. The summed E-state index contributed by atoms with van der Waals surface area (Å²) in [5.74, 6) is -1.00. The maximum Gasteiger partial charge on any atom is 0.309 e. The first-order valence-corrected chi connectivity index (χ1v) is 8.76. The fourth-order valence-corrected chi connectivity index (χ4v) is 3.20. The molecule has 4 nitrogen and oxygen atoms in total. The van der Waals surface area contributed by atoms with Crippen molar-refractivity contribution in [3.63, 3.8) is 0 Å². The number of esters is 1. The van der Waals surface area contributed by atoms with Crippen LogP contribution >= 0.6 is 0 Å². The summed E-state index contributed by atoms with van der Waals surface area (Å²) >= 11 is 0. The number of carbonyl (C=O) groups is 3. The fraction of sp³-hybridized carbons (Fsp3) is 0.174. The first-order valence-electron chi connectivity index (χ1n) is 8.76. The summed E-state index contributed by atoms with van der Waals surface area (Å²) in [6.07, 6.45) is 4.38. The molecule has 0 N–H and O–H groups in total. The zero-order valence-electron chi connectivity index (χ0n) is 14.9. The molecule has 2 aromatic carbocycles. The summed E-state index contributed by atoms with van der Waals surface area (Å²) in [6.45, 7) is 7.35. The highest BCUT2D eigenvalue weighted by atomic mass is 16.5. The van der Waals surface area contributed by atoms with Gasteiger partial charge in [-0.3, -0.25) is 14.4 Å². The third kappa shape index (κ3) is 3.65. The maximum absolute atomic E-state index is 12.7. The highest BCUT2D eigenvalue weighted by Crippen LogP contribution is 2.28. The van der Waals surface area contributed by atoms with Crippen molar-refractivity contribution >= 4 is 17.5 Å². The SMILES string of the molecule is C=CCC(CC=C)C(=O)OCc1ccc2c(c1)C(=O)c1ccccc1C2=O. The zero-order valence-corrected chi connectivity index (χ0v) is 14.9. The van der Waals surface area contributed by atoms with E-state index in [0.717, 1.165) is 0 Å².